The highest BCUT2D eigenvalue weighted by atomic mass is 16.5. The molecule has 1 aromatic rings. The van der Waals surface area contributed by atoms with E-state index < -0.39 is 0 Å². The van der Waals surface area contributed by atoms with Gasteiger partial charge in [0.1, 0.15) is 0 Å². The molecule has 2 N–H and O–H groups in total. The lowest BCUT2D eigenvalue weighted by Crippen LogP contribution is -2.42. The summed E-state index contributed by atoms with van der Waals surface area (Å²) in [5.41, 5.74) is 0.605. The van der Waals surface area contributed by atoms with Crippen LogP contribution in [0.1, 0.15) is 30.6 Å². The molecule has 2 rings (SSSR count). The summed E-state index contributed by atoms with van der Waals surface area (Å²) in [5, 5.41) is 5.83. The lowest BCUT2D eigenvalue weighted by molar-refractivity contribution is -0.121. The number of morpholine rings is 1. The van der Waals surface area contributed by atoms with Gasteiger partial charge in [0.25, 0.3) is 5.91 Å². The van der Waals surface area contributed by atoms with E-state index in [9.17, 15) is 9.59 Å². The molecule has 6 heteroatoms. The minimum atomic E-state index is -0.206. The highest BCUT2D eigenvalue weighted by Gasteiger charge is 2.16. The fraction of sp³-hybridized carbons (Fsp3) is 0.579. The van der Waals surface area contributed by atoms with Crippen LogP contribution in [-0.2, 0) is 9.53 Å². The van der Waals surface area contributed by atoms with Crippen molar-refractivity contribution >= 4 is 11.8 Å². The van der Waals surface area contributed by atoms with E-state index in [-0.39, 0.29) is 24.3 Å². The second kappa shape index (κ2) is 10.2. The standard InChI is InChI=1S/C19H29N3O3/c1-15(14-22-8-10-25-11-9-22)13-20-18(23)12-16(2)21-19(24)17-6-4-3-5-7-17/h3-7,15-16H,8-14H2,1-2H3,(H,20,23)(H,21,24). The van der Waals surface area contributed by atoms with Crippen LogP contribution in [0.25, 0.3) is 0 Å². The maximum absolute atomic E-state index is 12.1. The average Bonchev–Trinajstić information content (AvgIpc) is 2.61. The monoisotopic (exact) mass is 347 g/mol. The van der Waals surface area contributed by atoms with Gasteiger partial charge in [-0.05, 0) is 25.0 Å². The summed E-state index contributed by atoms with van der Waals surface area (Å²) >= 11 is 0. The van der Waals surface area contributed by atoms with E-state index in [1.54, 1.807) is 12.1 Å². The van der Waals surface area contributed by atoms with E-state index in [4.69, 9.17) is 4.74 Å². The van der Waals surface area contributed by atoms with E-state index in [1.807, 2.05) is 25.1 Å². The Bertz CT molecular complexity index is 544. The van der Waals surface area contributed by atoms with E-state index in [0.717, 1.165) is 32.8 Å². The second-order valence-electron chi connectivity index (χ2n) is 6.77. The first kappa shape index (κ1) is 19.4. The van der Waals surface area contributed by atoms with Crippen LogP contribution in [0, 0.1) is 5.92 Å². The number of carbonyl (C=O) groups excluding carboxylic acids is 2. The molecule has 138 valence electrons. The molecule has 0 aromatic heterocycles. The highest BCUT2D eigenvalue weighted by molar-refractivity contribution is 5.94. The SMILES string of the molecule is CC(CNC(=O)CC(C)NC(=O)c1ccccc1)CN1CCOCC1. The lowest BCUT2D eigenvalue weighted by Gasteiger charge is -2.29. The Balaban J connectivity index is 1.64. The Hall–Kier alpha value is -1.92. The number of carbonyl (C=O) groups is 2. The number of hydrogen-bond donors (Lipinski definition) is 2. The van der Waals surface area contributed by atoms with Crippen molar-refractivity contribution in [2.45, 2.75) is 26.3 Å². The molecule has 1 aromatic carbocycles. The molecule has 1 aliphatic rings. The van der Waals surface area contributed by atoms with Gasteiger partial charge < -0.3 is 15.4 Å². The fourth-order valence-electron chi connectivity index (χ4n) is 2.88. The third-order valence-corrected chi connectivity index (χ3v) is 4.23. The molecule has 0 saturated carbocycles. The number of amides is 2. The van der Waals surface area contributed by atoms with Gasteiger partial charge in [0.2, 0.25) is 5.91 Å². The van der Waals surface area contributed by atoms with Gasteiger partial charge in [-0.3, -0.25) is 14.5 Å². The zero-order chi connectivity index (χ0) is 18.1. The molecule has 0 bridgehead atoms. The molecule has 1 fully saturated rings. The van der Waals surface area contributed by atoms with Crippen molar-refractivity contribution in [1.29, 1.82) is 0 Å². The van der Waals surface area contributed by atoms with E-state index in [0.29, 0.717) is 18.0 Å². The first-order valence-electron chi connectivity index (χ1n) is 8.97. The van der Waals surface area contributed by atoms with Crippen molar-refractivity contribution in [3.63, 3.8) is 0 Å². The van der Waals surface area contributed by atoms with Crippen molar-refractivity contribution in [2.24, 2.45) is 5.92 Å². The Morgan fingerprint density at radius 2 is 1.84 bits per heavy atom. The van der Waals surface area contributed by atoms with Crippen LogP contribution >= 0.6 is 0 Å². The fourth-order valence-corrected chi connectivity index (χ4v) is 2.88. The van der Waals surface area contributed by atoms with Crippen molar-refractivity contribution in [1.82, 2.24) is 15.5 Å². The summed E-state index contributed by atoms with van der Waals surface area (Å²) in [5.74, 6) is 0.201. The van der Waals surface area contributed by atoms with Gasteiger partial charge >= 0.3 is 0 Å². The zero-order valence-corrected chi connectivity index (χ0v) is 15.2. The summed E-state index contributed by atoms with van der Waals surface area (Å²) in [6.45, 7) is 9.09. The topological polar surface area (TPSA) is 70.7 Å². The minimum Gasteiger partial charge on any atom is -0.379 e. The van der Waals surface area contributed by atoms with Crippen LogP contribution in [0.5, 0.6) is 0 Å². The predicted molar refractivity (Wildman–Crippen MR) is 97.4 cm³/mol. The smallest absolute Gasteiger partial charge is 0.251 e. The van der Waals surface area contributed by atoms with E-state index in [1.165, 1.54) is 0 Å². The number of rotatable bonds is 8. The maximum Gasteiger partial charge on any atom is 0.251 e. The summed E-state index contributed by atoms with van der Waals surface area (Å²) in [4.78, 5) is 26.5. The highest BCUT2D eigenvalue weighted by Crippen LogP contribution is 2.03. The Kier molecular flexibility index (Phi) is 7.88. The molecule has 0 radical (unpaired) electrons. The van der Waals surface area contributed by atoms with Crippen molar-refractivity contribution < 1.29 is 14.3 Å². The van der Waals surface area contributed by atoms with Gasteiger partial charge in [0, 0.05) is 44.2 Å². The van der Waals surface area contributed by atoms with Crippen LogP contribution in [-0.4, -0.2) is 62.1 Å². The molecular formula is C19H29N3O3. The Morgan fingerprint density at radius 1 is 1.16 bits per heavy atom. The predicted octanol–water partition coefficient (Wildman–Crippen LogP) is 1.28. The van der Waals surface area contributed by atoms with Crippen LogP contribution in [0.15, 0.2) is 30.3 Å². The summed E-state index contributed by atoms with van der Waals surface area (Å²) < 4.78 is 5.34. The average molecular weight is 347 g/mol. The molecule has 1 aliphatic heterocycles. The van der Waals surface area contributed by atoms with E-state index >= 15 is 0 Å². The van der Waals surface area contributed by atoms with Gasteiger partial charge in [-0.25, -0.2) is 0 Å². The largest absolute Gasteiger partial charge is 0.379 e. The maximum atomic E-state index is 12.1. The Morgan fingerprint density at radius 3 is 2.52 bits per heavy atom. The molecule has 0 spiro atoms. The molecular weight excluding hydrogens is 318 g/mol. The van der Waals surface area contributed by atoms with Gasteiger partial charge in [0.05, 0.1) is 13.2 Å². The number of nitrogens with one attached hydrogen (secondary N) is 2. The van der Waals surface area contributed by atoms with Crippen molar-refractivity contribution in [2.75, 3.05) is 39.4 Å². The molecule has 2 atom stereocenters. The number of ether oxygens (including phenoxy) is 1. The normalized spacial score (nSPS) is 17.5. The van der Waals surface area contributed by atoms with Crippen molar-refractivity contribution in [3.8, 4) is 0 Å². The molecule has 25 heavy (non-hydrogen) atoms. The first-order valence-corrected chi connectivity index (χ1v) is 8.97. The van der Waals surface area contributed by atoms with Gasteiger partial charge in [-0.1, -0.05) is 25.1 Å². The molecule has 2 amide bonds. The number of benzene rings is 1. The molecule has 1 heterocycles. The molecule has 0 aliphatic carbocycles. The van der Waals surface area contributed by atoms with Gasteiger partial charge in [-0.15, -0.1) is 0 Å². The van der Waals surface area contributed by atoms with Crippen LogP contribution in [0.4, 0.5) is 0 Å². The van der Waals surface area contributed by atoms with Crippen LogP contribution in [0.3, 0.4) is 0 Å². The lowest BCUT2D eigenvalue weighted by atomic mass is 10.1. The molecule has 2 unspecified atom stereocenters. The second-order valence-corrected chi connectivity index (χ2v) is 6.77. The summed E-state index contributed by atoms with van der Waals surface area (Å²) in [6.07, 6.45) is 0.281. The van der Waals surface area contributed by atoms with Gasteiger partial charge in [-0.2, -0.15) is 0 Å². The van der Waals surface area contributed by atoms with Gasteiger partial charge in [0.15, 0.2) is 0 Å². The quantitative estimate of drug-likeness (QED) is 0.743. The zero-order valence-electron chi connectivity index (χ0n) is 15.2. The minimum absolute atomic E-state index is 0.0327. The summed E-state index contributed by atoms with van der Waals surface area (Å²) in [7, 11) is 0. The number of nitrogens with zero attached hydrogens (tertiary/aromatic N) is 1. The van der Waals surface area contributed by atoms with E-state index in [2.05, 4.69) is 22.5 Å². The Labute approximate surface area is 149 Å². The third kappa shape index (κ3) is 7.23. The van der Waals surface area contributed by atoms with Crippen LogP contribution < -0.4 is 10.6 Å². The van der Waals surface area contributed by atoms with Crippen molar-refractivity contribution in [3.05, 3.63) is 35.9 Å². The molecule has 6 nitrogen and oxygen atoms in total. The van der Waals surface area contributed by atoms with Crippen LogP contribution in [0.2, 0.25) is 0 Å². The molecule has 1 saturated heterocycles. The first-order chi connectivity index (χ1) is 12.0. The summed E-state index contributed by atoms with van der Waals surface area (Å²) in [6, 6.07) is 8.82. The third-order valence-electron chi connectivity index (χ3n) is 4.23. The number of hydrogen-bond acceptors (Lipinski definition) is 4.